The minimum atomic E-state index is -0.0300. The van der Waals surface area contributed by atoms with Crippen molar-refractivity contribution in [3.63, 3.8) is 0 Å². The predicted molar refractivity (Wildman–Crippen MR) is 54.5 cm³/mol. The molecule has 2 aliphatic rings. The van der Waals surface area contributed by atoms with E-state index in [1.54, 1.807) is 0 Å². The van der Waals surface area contributed by atoms with Crippen LogP contribution in [-0.2, 0) is 4.74 Å². The zero-order valence-electron chi connectivity index (χ0n) is 8.71. The molecule has 2 aliphatic carbocycles. The SMILES string of the molecule is C=C1C[C@@H]2C=C[C@H]1[C@H]2OC(C)(C)C. The van der Waals surface area contributed by atoms with E-state index in [9.17, 15) is 0 Å². The van der Waals surface area contributed by atoms with Gasteiger partial charge in [0.05, 0.1) is 11.7 Å². The lowest BCUT2D eigenvalue weighted by molar-refractivity contribution is -0.0736. The van der Waals surface area contributed by atoms with Crippen molar-refractivity contribution in [1.29, 1.82) is 0 Å². The lowest BCUT2D eigenvalue weighted by Crippen LogP contribution is -2.30. The van der Waals surface area contributed by atoms with Gasteiger partial charge in [0.25, 0.3) is 0 Å². The van der Waals surface area contributed by atoms with Crippen LogP contribution in [0.3, 0.4) is 0 Å². The zero-order valence-corrected chi connectivity index (χ0v) is 8.71. The summed E-state index contributed by atoms with van der Waals surface area (Å²) in [6, 6.07) is 0. The Balaban J connectivity index is 2.09. The highest BCUT2D eigenvalue weighted by Gasteiger charge is 2.42. The Morgan fingerprint density at radius 1 is 1.38 bits per heavy atom. The summed E-state index contributed by atoms with van der Waals surface area (Å²) < 4.78 is 6.03. The molecule has 0 heterocycles. The van der Waals surface area contributed by atoms with Gasteiger partial charge < -0.3 is 4.74 Å². The normalized spacial score (nSPS) is 37.5. The molecule has 0 aromatic heterocycles. The second-order valence-electron chi connectivity index (χ2n) is 5.13. The lowest BCUT2D eigenvalue weighted by Gasteiger charge is -2.27. The fraction of sp³-hybridized carbons (Fsp3) is 0.667. The Morgan fingerprint density at radius 2 is 2.08 bits per heavy atom. The van der Waals surface area contributed by atoms with Gasteiger partial charge in [-0.1, -0.05) is 24.3 Å². The molecule has 1 heteroatoms. The van der Waals surface area contributed by atoms with Crippen LogP contribution < -0.4 is 0 Å². The standard InChI is InChI=1S/C12H18O/c1-8-7-9-5-6-10(8)11(9)13-12(2,3)4/h5-6,9-11H,1,7H2,2-4H3/t9-,10+,11-/m0/s1. The van der Waals surface area contributed by atoms with Crippen LogP contribution in [0.2, 0.25) is 0 Å². The molecule has 0 N–H and O–H groups in total. The number of ether oxygens (including phenoxy) is 1. The maximum atomic E-state index is 6.03. The molecule has 0 aromatic rings. The van der Waals surface area contributed by atoms with Crippen molar-refractivity contribution in [2.45, 2.75) is 38.9 Å². The molecule has 0 radical (unpaired) electrons. The number of hydrogen-bond acceptors (Lipinski definition) is 1. The van der Waals surface area contributed by atoms with Crippen molar-refractivity contribution in [1.82, 2.24) is 0 Å². The summed E-state index contributed by atoms with van der Waals surface area (Å²) in [4.78, 5) is 0. The highest BCUT2D eigenvalue weighted by molar-refractivity contribution is 5.29. The van der Waals surface area contributed by atoms with Gasteiger partial charge in [0, 0.05) is 11.8 Å². The van der Waals surface area contributed by atoms with E-state index in [-0.39, 0.29) is 5.60 Å². The van der Waals surface area contributed by atoms with E-state index in [1.165, 1.54) is 5.57 Å². The van der Waals surface area contributed by atoms with E-state index in [4.69, 9.17) is 4.74 Å². The molecule has 0 spiro atoms. The monoisotopic (exact) mass is 178 g/mol. The van der Waals surface area contributed by atoms with Crippen LogP contribution in [-0.4, -0.2) is 11.7 Å². The van der Waals surface area contributed by atoms with Crippen LogP contribution in [0.25, 0.3) is 0 Å². The van der Waals surface area contributed by atoms with Gasteiger partial charge in [0.15, 0.2) is 0 Å². The summed E-state index contributed by atoms with van der Waals surface area (Å²) in [5.41, 5.74) is 1.32. The summed E-state index contributed by atoms with van der Waals surface area (Å²) in [7, 11) is 0. The second kappa shape index (κ2) is 2.71. The fourth-order valence-corrected chi connectivity index (χ4v) is 2.31. The Bertz CT molecular complexity index is 257. The Morgan fingerprint density at radius 3 is 2.46 bits per heavy atom. The third-order valence-electron chi connectivity index (χ3n) is 2.80. The molecule has 3 atom stereocenters. The van der Waals surface area contributed by atoms with Gasteiger partial charge in [-0.2, -0.15) is 0 Å². The molecule has 0 unspecified atom stereocenters. The summed E-state index contributed by atoms with van der Waals surface area (Å²) in [6.07, 6.45) is 6.04. The molecule has 0 saturated heterocycles. The van der Waals surface area contributed by atoms with Crippen molar-refractivity contribution in [3.05, 3.63) is 24.3 Å². The molecule has 0 aliphatic heterocycles. The average molecular weight is 178 g/mol. The van der Waals surface area contributed by atoms with Crippen molar-refractivity contribution < 1.29 is 4.74 Å². The van der Waals surface area contributed by atoms with Gasteiger partial charge in [-0.15, -0.1) is 0 Å². The first-order valence-corrected chi connectivity index (χ1v) is 5.01. The highest BCUT2D eigenvalue weighted by atomic mass is 16.5. The van der Waals surface area contributed by atoms with E-state index in [2.05, 4.69) is 39.5 Å². The summed E-state index contributed by atoms with van der Waals surface area (Å²) in [5.74, 6) is 1.08. The van der Waals surface area contributed by atoms with Crippen LogP contribution in [0, 0.1) is 11.8 Å². The molecule has 13 heavy (non-hydrogen) atoms. The van der Waals surface area contributed by atoms with E-state index < -0.39 is 0 Å². The first-order valence-electron chi connectivity index (χ1n) is 5.01. The van der Waals surface area contributed by atoms with Crippen LogP contribution in [0.4, 0.5) is 0 Å². The van der Waals surface area contributed by atoms with Crippen LogP contribution in [0.15, 0.2) is 24.3 Å². The van der Waals surface area contributed by atoms with Crippen LogP contribution in [0.5, 0.6) is 0 Å². The van der Waals surface area contributed by atoms with E-state index in [0.29, 0.717) is 17.9 Å². The van der Waals surface area contributed by atoms with Crippen LogP contribution >= 0.6 is 0 Å². The maximum Gasteiger partial charge on any atom is 0.0747 e. The van der Waals surface area contributed by atoms with Crippen molar-refractivity contribution in [2.24, 2.45) is 11.8 Å². The largest absolute Gasteiger partial charge is 0.371 e. The smallest absolute Gasteiger partial charge is 0.0747 e. The fourth-order valence-electron chi connectivity index (χ4n) is 2.31. The topological polar surface area (TPSA) is 9.23 Å². The molecule has 1 nitrogen and oxygen atoms in total. The number of rotatable bonds is 1. The van der Waals surface area contributed by atoms with Crippen molar-refractivity contribution in [3.8, 4) is 0 Å². The van der Waals surface area contributed by atoms with Gasteiger partial charge in [0.2, 0.25) is 0 Å². The van der Waals surface area contributed by atoms with Gasteiger partial charge >= 0.3 is 0 Å². The zero-order chi connectivity index (χ0) is 9.64. The Labute approximate surface area is 80.5 Å². The Kier molecular flexibility index (Phi) is 1.88. The molecule has 72 valence electrons. The molecular weight excluding hydrogens is 160 g/mol. The van der Waals surface area contributed by atoms with Crippen LogP contribution in [0.1, 0.15) is 27.2 Å². The maximum absolute atomic E-state index is 6.03. The predicted octanol–water partition coefficient (Wildman–Crippen LogP) is 2.93. The first kappa shape index (κ1) is 9.01. The number of fused-ring (bicyclic) bond motifs is 2. The van der Waals surface area contributed by atoms with E-state index >= 15 is 0 Å². The minimum absolute atomic E-state index is 0.0300. The van der Waals surface area contributed by atoms with Gasteiger partial charge in [-0.25, -0.2) is 0 Å². The van der Waals surface area contributed by atoms with Gasteiger partial charge in [0.1, 0.15) is 0 Å². The molecule has 2 rings (SSSR count). The number of hydrogen-bond donors (Lipinski definition) is 0. The van der Waals surface area contributed by atoms with Crippen molar-refractivity contribution in [2.75, 3.05) is 0 Å². The molecule has 1 fully saturated rings. The van der Waals surface area contributed by atoms with E-state index in [1.807, 2.05) is 0 Å². The van der Waals surface area contributed by atoms with Gasteiger partial charge in [-0.3, -0.25) is 0 Å². The average Bonchev–Trinajstić information content (AvgIpc) is 2.42. The third kappa shape index (κ3) is 1.58. The molecule has 1 saturated carbocycles. The quantitative estimate of drug-likeness (QED) is 0.561. The third-order valence-corrected chi connectivity index (χ3v) is 2.80. The Hall–Kier alpha value is -0.560. The highest BCUT2D eigenvalue weighted by Crippen LogP contribution is 2.45. The lowest BCUT2D eigenvalue weighted by atomic mass is 10.0. The van der Waals surface area contributed by atoms with E-state index in [0.717, 1.165) is 6.42 Å². The summed E-state index contributed by atoms with van der Waals surface area (Å²) >= 11 is 0. The molecule has 2 bridgehead atoms. The summed E-state index contributed by atoms with van der Waals surface area (Å²) in [6.45, 7) is 10.4. The first-order chi connectivity index (χ1) is 5.97. The second-order valence-corrected chi connectivity index (χ2v) is 5.13. The molecular formula is C12H18O. The summed E-state index contributed by atoms with van der Waals surface area (Å²) in [5, 5.41) is 0. The minimum Gasteiger partial charge on any atom is -0.371 e. The van der Waals surface area contributed by atoms with Gasteiger partial charge in [-0.05, 0) is 27.2 Å². The molecule has 0 amide bonds. The molecule has 0 aromatic carbocycles. The van der Waals surface area contributed by atoms with Crippen molar-refractivity contribution >= 4 is 0 Å².